The number of nitrogens with zero attached hydrogens (tertiary/aromatic N) is 2. The third kappa shape index (κ3) is 2.41. The van der Waals surface area contributed by atoms with Crippen LogP contribution in [0.5, 0.6) is 11.5 Å². The van der Waals surface area contributed by atoms with Crippen LogP contribution in [0.25, 0.3) is 0 Å². The molecule has 1 N–H and O–H groups in total. The second-order valence-electron chi connectivity index (χ2n) is 3.68. The minimum Gasteiger partial charge on any atom is -0.497 e. The third-order valence-corrected chi connectivity index (χ3v) is 2.63. The summed E-state index contributed by atoms with van der Waals surface area (Å²) in [7, 11) is 3.13. The van der Waals surface area contributed by atoms with E-state index in [1.54, 1.807) is 44.8 Å². The molecule has 0 fully saturated rings. The fourth-order valence-corrected chi connectivity index (χ4v) is 1.68. The molecule has 1 aromatic carbocycles. The van der Waals surface area contributed by atoms with Crippen molar-refractivity contribution in [3.05, 3.63) is 48.0 Å². The molecule has 0 aliphatic carbocycles. The Bertz CT molecular complexity index is 517. The SMILES string of the molecule is COc1ccc(OC)c(C(O)c2cncnc2)c1. The van der Waals surface area contributed by atoms with Crippen molar-refractivity contribution in [2.75, 3.05) is 14.2 Å². The molecule has 0 bridgehead atoms. The molecular weight excluding hydrogens is 232 g/mol. The van der Waals surface area contributed by atoms with Crippen LogP contribution in [0.15, 0.2) is 36.9 Å². The Morgan fingerprint density at radius 2 is 1.83 bits per heavy atom. The van der Waals surface area contributed by atoms with Crippen molar-refractivity contribution >= 4 is 0 Å². The van der Waals surface area contributed by atoms with Gasteiger partial charge in [-0.2, -0.15) is 0 Å². The van der Waals surface area contributed by atoms with Crippen LogP contribution in [0.1, 0.15) is 17.2 Å². The molecule has 2 rings (SSSR count). The standard InChI is InChI=1S/C13H14N2O3/c1-17-10-3-4-12(18-2)11(5-10)13(16)9-6-14-8-15-7-9/h3-8,13,16H,1-2H3. The van der Waals surface area contributed by atoms with E-state index in [0.29, 0.717) is 22.6 Å². The molecule has 5 heteroatoms. The van der Waals surface area contributed by atoms with E-state index < -0.39 is 6.10 Å². The topological polar surface area (TPSA) is 64.5 Å². The summed E-state index contributed by atoms with van der Waals surface area (Å²) in [6.07, 6.45) is 3.70. The fourth-order valence-electron chi connectivity index (χ4n) is 1.68. The molecule has 0 radical (unpaired) electrons. The van der Waals surface area contributed by atoms with Gasteiger partial charge in [0.1, 0.15) is 23.9 Å². The fraction of sp³-hybridized carbons (Fsp3) is 0.231. The van der Waals surface area contributed by atoms with E-state index >= 15 is 0 Å². The second-order valence-corrected chi connectivity index (χ2v) is 3.68. The maximum Gasteiger partial charge on any atom is 0.125 e. The smallest absolute Gasteiger partial charge is 0.125 e. The number of aliphatic hydroxyl groups excluding tert-OH is 1. The van der Waals surface area contributed by atoms with E-state index in [9.17, 15) is 5.11 Å². The Morgan fingerprint density at radius 1 is 1.11 bits per heavy atom. The van der Waals surface area contributed by atoms with E-state index in [1.165, 1.54) is 6.33 Å². The van der Waals surface area contributed by atoms with Crippen molar-refractivity contribution < 1.29 is 14.6 Å². The third-order valence-electron chi connectivity index (χ3n) is 2.63. The minimum absolute atomic E-state index is 0.590. The summed E-state index contributed by atoms with van der Waals surface area (Å²) in [4.78, 5) is 7.77. The van der Waals surface area contributed by atoms with Crippen LogP contribution in [0.2, 0.25) is 0 Å². The summed E-state index contributed by atoms with van der Waals surface area (Å²) in [5, 5.41) is 10.3. The molecule has 2 aromatic rings. The van der Waals surface area contributed by atoms with Gasteiger partial charge in [0.15, 0.2) is 0 Å². The van der Waals surface area contributed by atoms with Crippen LogP contribution in [0.4, 0.5) is 0 Å². The highest BCUT2D eigenvalue weighted by Gasteiger charge is 2.16. The van der Waals surface area contributed by atoms with Gasteiger partial charge in [0, 0.05) is 23.5 Å². The first kappa shape index (κ1) is 12.3. The number of rotatable bonds is 4. The summed E-state index contributed by atoms with van der Waals surface area (Å²) in [6, 6.07) is 5.26. The highest BCUT2D eigenvalue weighted by molar-refractivity contribution is 5.44. The van der Waals surface area contributed by atoms with Crippen molar-refractivity contribution in [1.82, 2.24) is 9.97 Å². The first-order valence-electron chi connectivity index (χ1n) is 5.41. The van der Waals surface area contributed by atoms with Gasteiger partial charge in [0.25, 0.3) is 0 Å². The van der Waals surface area contributed by atoms with Gasteiger partial charge in [-0.15, -0.1) is 0 Å². The molecule has 0 aliphatic rings. The van der Waals surface area contributed by atoms with Crippen LogP contribution in [0.3, 0.4) is 0 Å². The van der Waals surface area contributed by atoms with Crippen molar-refractivity contribution in [1.29, 1.82) is 0 Å². The lowest BCUT2D eigenvalue weighted by Crippen LogP contribution is -2.03. The van der Waals surface area contributed by atoms with E-state index in [0.717, 1.165) is 0 Å². The molecule has 1 aromatic heterocycles. The number of ether oxygens (including phenoxy) is 2. The molecule has 0 saturated carbocycles. The Kier molecular flexibility index (Phi) is 3.74. The van der Waals surface area contributed by atoms with Crippen molar-refractivity contribution in [2.24, 2.45) is 0 Å². The molecule has 0 saturated heterocycles. The Hall–Kier alpha value is -2.14. The van der Waals surface area contributed by atoms with Crippen molar-refractivity contribution in [2.45, 2.75) is 6.10 Å². The molecule has 18 heavy (non-hydrogen) atoms. The predicted molar refractivity (Wildman–Crippen MR) is 65.6 cm³/mol. The number of aliphatic hydroxyl groups is 1. The summed E-state index contributed by atoms with van der Waals surface area (Å²) < 4.78 is 10.4. The van der Waals surface area contributed by atoms with E-state index in [2.05, 4.69) is 9.97 Å². The normalized spacial score (nSPS) is 11.9. The van der Waals surface area contributed by atoms with E-state index in [1.807, 2.05) is 0 Å². The number of hydrogen-bond donors (Lipinski definition) is 1. The Labute approximate surface area is 105 Å². The van der Waals surface area contributed by atoms with Gasteiger partial charge in [-0.1, -0.05) is 0 Å². The van der Waals surface area contributed by atoms with Gasteiger partial charge in [-0.25, -0.2) is 9.97 Å². The van der Waals surface area contributed by atoms with E-state index in [-0.39, 0.29) is 0 Å². The van der Waals surface area contributed by atoms with Gasteiger partial charge in [-0.05, 0) is 18.2 Å². The second kappa shape index (κ2) is 5.46. The monoisotopic (exact) mass is 246 g/mol. The maximum absolute atomic E-state index is 10.3. The number of hydrogen-bond acceptors (Lipinski definition) is 5. The molecule has 0 amide bonds. The lowest BCUT2D eigenvalue weighted by Gasteiger charge is -2.15. The van der Waals surface area contributed by atoms with Crippen LogP contribution >= 0.6 is 0 Å². The average molecular weight is 246 g/mol. The highest BCUT2D eigenvalue weighted by Crippen LogP contribution is 2.32. The lowest BCUT2D eigenvalue weighted by atomic mass is 10.0. The van der Waals surface area contributed by atoms with Crippen molar-refractivity contribution in [3.8, 4) is 11.5 Å². The average Bonchev–Trinajstić information content (AvgIpc) is 2.46. The Balaban J connectivity index is 2.42. The Morgan fingerprint density at radius 3 is 2.44 bits per heavy atom. The zero-order chi connectivity index (χ0) is 13.0. The molecular formula is C13H14N2O3. The van der Waals surface area contributed by atoms with Crippen molar-refractivity contribution in [3.63, 3.8) is 0 Å². The molecule has 94 valence electrons. The first-order chi connectivity index (χ1) is 8.76. The minimum atomic E-state index is -0.851. The molecule has 1 unspecified atom stereocenters. The number of methoxy groups -OCH3 is 2. The van der Waals surface area contributed by atoms with Crippen LogP contribution in [-0.4, -0.2) is 29.3 Å². The predicted octanol–water partition coefficient (Wildman–Crippen LogP) is 1.58. The molecule has 0 aliphatic heterocycles. The van der Waals surface area contributed by atoms with Gasteiger partial charge >= 0.3 is 0 Å². The van der Waals surface area contributed by atoms with Gasteiger partial charge < -0.3 is 14.6 Å². The molecule has 0 spiro atoms. The highest BCUT2D eigenvalue weighted by atomic mass is 16.5. The van der Waals surface area contributed by atoms with Crippen LogP contribution in [0, 0.1) is 0 Å². The maximum atomic E-state index is 10.3. The molecule has 5 nitrogen and oxygen atoms in total. The summed E-state index contributed by atoms with van der Waals surface area (Å²) in [5.74, 6) is 1.24. The summed E-state index contributed by atoms with van der Waals surface area (Å²) in [6.45, 7) is 0. The van der Waals surface area contributed by atoms with Gasteiger partial charge in [0.2, 0.25) is 0 Å². The van der Waals surface area contributed by atoms with Crippen LogP contribution < -0.4 is 9.47 Å². The largest absolute Gasteiger partial charge is 0.497 e. The molecule has 1 heterocycles. The number of benzene rings is 1. The van der Waals surface area contributed by atoms with Gasteiger partial charge in [-0.3, -0.25) is 0 Å². The molecule has 1 atom stereocenters. The van der Waals surface area contributed by atoms with Crippen LogP contribution in [-0.2, 0) is 0 Å². The zero-order valence-electron chi connectivity index (χ0n) is 10.2. The summed E-state index contributed by atoms with van der Waals surface area (Å²) >= 11 is 0. The summed E-state index contributed by atoms with van der Waals surface area (Å²) in [5.41, 5.74) is 1.22. The van der Waals surface area contributed by atoms with E-state index in [4.69, 9.17) is 9.47 Å². The first-order valence-corrected chi connectivity index (χ1v) is 5.41. The lowest BCUT2D eigenvalue weighted by molar-refractivity contribution is 0.213. The zero-order valence-corrected chi connectivity index (χ0v) is 10.2. The van der Waals surface area contributed by atoms with Gasteiger partial charge in [0.05, 0.1) is 14.2 Å². The quantitative estimate of drug-likeness (QED) is 0.887. The number of aromatic nitrogens is 2.